The summed E-state index contributed by atoms with van der Waals surface area (Å²) < 4.78 is 0. The summed E-state index contributed by atoms with van der Waals surface area (Å²) in [6, 6.07) is 3.23. The highest BCUT2D eigenvalue weighted by atomic mass is 32.1. The number of hydrogen-bond donors (Lipinski definition) is 2. The normalized spacial score (nSPS) is 9.62. The summed E-state index contributed by atoms with van der Waals surface area (Å²) in [5.41, 5.74) is 0. The summed E-state index contributed by atoms with van der Waals surface area (Å²) in [4.78, 5) is 22.1. The van der Waals surface area contributed by atoms with Crippen molar-refractivity contribution in [2.45, 2.75) is 13.5 Å². The summed E-state index contributed by atoms with van der Waals surface area (Å²) in [6.45, 7) is 1.82. The first kappa shape index (κ1) is 9.73. The fourth-order valence-corrected chi connectivity index (χ4v) is 1.59. The molecule has 1 aromatic heterocycles. The van der Waals surface area contributed by atoms with Crippen LogP contribution in [-0.2, 0) is 11.3 Å². The van der Waals surface area contributed by atoms with Gasteiger partial charge in [0.25, 0.3) is 0 Å². The molecule has 1 amide bonds. The minimum Gasteiger partial charge on any atom is -0.477 e. The fraction of sp³-hybridized carbons (Fsp3) is 0.250. The quantitative estimate of drug-likeness (QED) is 0.765. The first-order valence-electron chi connectivity index (χ1n) is 3.66. The zero-order valence-electron chi connectivity index (χ0n) is 7.03. The fourth-order valence-electron chi connectivity index (χ4n) is 0.799. The van der Waals surface area contributed by atoms with Gasteiger partial charge in [0.05, 0.1) is 6.54 Å². The summed E-state index contributed by atoms with van der Waals surface area (Å²) >= 11 is 1.17. The molecule has 13 heavy (non-hydrogen) atoms. The lowest BCUT2D eigenvalue weighted by Gasteiger charge is -1.96. The van der Waals surface area contributed by atoms with Gasteiger partial charge in [-0.1, -0.05) is 0 Å². The number of carboxylic acids is 1. The van der Waals surface area contributed by atoms with Crippen molar-refractivity contribution in [1.82, 2.24) is 5.32 Å². The van der Waals surface area contributed by atoms with Gasteiger partial charge in [0, 0.05) is 11.8 Å². The van der Waals surface area contributed by atoms with Crippen LogP contribution in [-0.4, -0.2) is 17.0 Å². The molecule has 1 aromatic rings. The molecule has 0 aliphatic heterocycles. The number of rotatable bonds is 3. The second kappa shape index (κ2) is 4.04. The molecule has 4 nitrogen and oxygen atoms in total. The van der Waals surface area contributed by atoms with E-state index in [2.05, 4.69) is 5.32 Å². The number of carbonyl (C=O) groups excluding carboxylic acids is 1. The number of nitrogens with one attached hydrogen (secondary N) is 1. The Morgan fingerprint density at radius 2 is 2.23 bits per heavy atom. The van der Waals surface area contributed by atoms with Gasteiger partial charge >= 0.3 is 5.97 Å². The Balaban J connectivity index is 2.59. The number of thiophene rings is 1. The standard InChI is InChI=1S/C8H9NO3S/c1-5(10)9-4-6-2-3-7(13-6)8(11)12/h2-3H,4H2,1H3,(H,9,10)(H,11,12). The van der Waals surface area contributed by atoms with Crippen molar-refractivity contribution in [3.63, 3.8) is 0 Å². The van der Waals surface area contributed by atoms with Crippen LogP contribution in [0.4, 0.5) is 0 Å². The van der Waals surface area contributed by atoms with Crippen LogP contribution in [0.5, 0.6) is 0 Å². The maximum absolute atomic E-state index is 10.5. The molecule has 0 fully saturated rings. The van der Waals surface area contributed by atoms with Crippen molar-refractivity contribution in [3.05, 3.63) is 21.9 Å². The molecule has 1 heterocycles. The predicted molar refractivity (Wildman–Crippen MR) is 48.8 cm³/mol. The van der Waals surface area contributed by atoms with Crippen molar-refractivity contribution in [2.24, 2.45) is 0 Å². The maximum atomic E-state index is 10.5. The van der Waals surface area contributed by atoms with E-state index in [1.54, 1.807) is 6.07 Å². The summed E-state index contributed by atoms with van der Waals surface area (Å²) in [5, 5.41) is 11.2. The predicted octanol–water partition coefficient (Wildman–Crippen LogP) is 1.08. The molecule has 1 rings (SSSR count). The molecule has 0 aromatic carbocycles. The van der Waals surface area contributed by atoms with E-state index in [0.717, 1.165) is 4.88 Å². The van der Waals surface area contributed by atoms with Gasteiger partial charge in [0.1, 0.15) is 4.88 Å². The molecule has 0 aliphatic rings. The van der Waals surface area contributed by atoms with Crippen LogP contribution in [0, 0.1) is 0 Å². The highest BCUT2D eigenvalue weighted by Gasteiger charge is 2.06. The third-order valence-corrected chi connectivity index (χ3v) is 2.46. The number of carboxylic acid groups (broad SMARTS) is 1. The Kier molecular flexibility index (Phi) is 3.02. The zero-order chi connectivity index (χ0) is 9.84. The average molecular weight is 199 g/mol. The molecule has 0 saturated heterocycles. The van der Waals surface area contributed by atoms with Crippen LogP contribution >= 0.6 is 11.3 Å². The van der Waals surface area contributed by atoms with Gasteiger partial charge in [0.15, 0.2) is 0 Å². The summed E-state index contributed by atoms with van der Waals surface area (Å²) in [6.07, 6.45) is 0. The van der Waals surface area contributed by atoms with Gasteiger partial charge in [-0.05, 0) is 12.1 Å². The molecule has 0 bridgehead atoms. The Morgan fingerprint density at radius 3 is 2.69 bits per heavy atom. The van der Waals surface area contributed by atoms with Gasteiger partial charge < -0.3 is 10.4 Å². The van der Waals surface area contributed by atoms with Crippen molar-refractivity contribution in [1.29, 1.82) is 0 Å². The van der Waals surface area contributed by atoms with Crippen LogP contribution in [0.1, 0.15) is 21.5 Å². The maximum Gasteiger partial charge on any atom is 0.345 e. The van der Waals surface area contributed by atoms with E-state index < -0.39 is 5.97 Å². The molecular weight excluding hydrogens is 190 g/mol. The minimum atomic E-state index is -0.931. The van der Waals surface area contributed by atoms with E-state index in [1.807, 2.05) is 0 Å². The van der Waals surface area contributed by atoms with Gasteiger partial charge in [-0.2, -0.15) is 0 Å². The highest BCUT2D eigenvalue weighted by molar-refractivity contribution is 7.13. The molecule has 70 valence electrons. The van der Waals surface area contributed by atoms with Crippen LogP contribution < -0.4 is 5.32 Å². The monoisotopic (exact) mass is 199 g/mol. The Labute approximate surface area is 79.2 Å². The van der Waals surface area contributed by atoms with Crippen LogP contribution in [0.3, 0.4) is 0 Å². The molecule has 0 saturated carbocycles. The number of amides is 1. The van der Waals surface area contributed by atoms with Gasteiger partial charge in [-0.15, -0.1) is 11.3 Å². The molecule has 0 atom stereocenters. The molecule has 0 radical (unpaired) electrons. The molecule has 0 aliphatic carbocycles. The lowest BCUT2D eigenvalue weighted by atomic mass is 10.4. The summed E-state index contributed by atoms with van der Waals surface area (Å²) in [5.74, 6) is -1.05. The van der Waals surface area contributed by atoms with Crippen LogP contribution in [0.15, 0.2) is 12.1 Å². The Hall–Kier alpha value is -1.36. The second-order valence-corrected chi connectivity index (χ2v) is 3.65. The van der Waals surface area contributed by atoms with E-state index >= 15 is 0 Å². The van der Waals surface area contributed by atoms with Gasteiger partial charge in [0.2, 0.25) is 5.91 Å². The van der Waals surface area contributed by atoms with Crippen molar-refractivity contribution in [2.75, 3.05) is 0 Å². The van der Waals surface area contributed by atoms with Gasteiger partial charge in [-0.3, -0.25) is 4.79 Å². The minimum absolute atomic E-state index is 0.120. The SMILES string of the molecule is CC(=O)NCc1ccc(C(=O)O)s1. The second-order valence-electron chi connectivity index (χ2n) is 2.48. The van der Waals surface area contributed by atoms with Crippen molar-refractivity contribution >= 4 is 23.2 Å². The lowest BCUT2D eigenvalue weighted by molar-refractivity contribution is -0.119. The largest absolute Gasteiger partial charge is 0.477 e. The first-order valence-corrected chi connectivity index (χ1v) is 4.47. The number of hydrogen-bond acceptors (Lipinski definition) is 3. The third kappa shape index (κ3) is 2.87. The van der Waals surface area contributed by atoms with E-state index in [4.69, 9.17) is 5.11 Å². The Bertz CT molecular complexity index is 332. The van der Waals surface area contributed by atoms with Crippen LogP contribution in [0.25, 0.3) is 0 Å². The summed E-state index contributed by atoms with van der Waals surface area (Å²) in [7, 11) is 0. The lowest BCUT2D eigenvalue weighted by Crippen LogP contribution is -2.18. The van der Waals surface area contributed by atoms with Gasteiger partial charge in [-0.25, -0.2) is 4.79 Å². The first-order chi connectivity index (χ1) is 6.09. The molecular formula is C8H9NO3S. The van der Waals surface area contributed by atoms with Crippen molar-refractivity contribution < 1.29 is 14.7 Å². The topological polar surface area (TPSA) is 66.4 Å². The molecule has 5 heteroatoms. The smallest absolute Gasteiger partial charge is 0.345 e. The van der Waals surface area contributed by atoms with E-state index in [0.29, 0.717) is 11.4 Å². The number of carbonyl (C=O) groups is 2. The average Bonchev–Trinajstić information content (AvgIpc) is 2.48. The van der Waals surface area contributed by atoms with Crippen LogP contribution in [0.2, 0.25) is 0 Å². The molecule has 0 spiro atoms. The van der Waals surface area contributed by atoms with E-state index in [-0.39, 0.29) is 5.91 Å². The van der Waals surface area contributed by atoms with E-state index in [9.17, 15) is 9.59 Å². The zero-order valence-corrected chi connectivity index (χ0v) is 7.85. The molecule has 2 N–H and O–H groups in total. The molecule has 0 unspecified atom stereocenters. The van der Waals surface area contributed by atoms with Crippen molar-refractivity contribution in [3.8, 4) is 0 Å². The van der Waals surface area contributed by atoms with E-state index in [1.165, 1.54) is 24.3 Å². The number of aromatic carboxylic acids is 1. The highest BCUT2D eigenvalue weighted by Crippen LogP contribution is 2.15. The third-order valence-electron chi connectivity index (χ3n) is 1.38. The Morgan fingerprint density at radius 1 is 1.54 bits per heavy atom.